The average Bonchev–Trinajstić information content (AvgIpc) is 3.28. The van der Waals surface area contributed by atoms with E-state index in [2.05, 4.69) is 0 Å². The molecule has 0 spiro atoms. The predicted molar refractivity (Wildman–Crippen MR) is 112 cm³/mol. The van der Waals surface area contributed by atoms with E-state index in [1.807, 2.05) is 6.07 Å². The van der Waals surface area contributed by atoms with Crippen LogP contribution < -0.4 is 0 Å². The molecule has 1 fully saturated rings. The van der Waals surface area contributed by atoms with Crippen LogP contribution in [-0.2, 0) is 6.18 Å². The molecule has 0 N–H and O–H groups in total. The summed E-state index contributed by atoms with van der Waals surface area (Å²) in [6.45, 7) is 1.11. The Labute approximate surface area is 187 Å². The lowest BCUT2D eigenvalue weighted by molar-refractivity contribution is -0.137. The normalized spacial score (nSPS) is 14.5. The minimum Gasteiger partial charge on any atom is -0.451 e. The van der Waals surface area contributed by atoms with Crippen molar-refractivity contribution in [2.45, 2.75) is 6.18 Å². The van der Waals surface area contributed by atoms with E-state index in [9.17, 15) is 22.8 Å². The first-order valence-electron chi connectivity index (χ1n) is 9.84. The zero-order chi connectivity index (χ0) is 22.9. The molecule has 0 atom stereocenters. The van der Waals surface area contributed by atoms with Gasteiger partial charge in [-0.25, -0.2) is 0 Å². The van der Waals surface area contributed by atoms with Gasteiger partial charge >= 0.3 is 6.18 Å². The molecule has 2 aromatic carbocycles. The summed E-state index contributed by atoms with van der Waals surface area (Å²) < 4.78 is 43.8. The number of benzene rings is 2. The van der Waals surface area contributed by atoms with Gasteiger partial charge < -0.3 is 14.2 Å². The minimum atomic E-state index is -4.45. The Morgan fingerprint density at radius 1 is 0.812 bits per heavy atom. The number of hydrogen-bond acceptors (Lipinski definition) is 3. The lowest BCUT2D eigenvalue weighted by atomic mass is 10.1. The molecular formula is C23H18ClF3N2O3. The van der Waals surface area contributed by atoms with Crippen LogP contribution in [0, 0.1) is 0 Å². The van der Waals surface area contributed by atoms with Crippen LogP contribution in [0.1, 0.15) is 26.5 Å². The standard InChI is InChI=1S/C23H18ClF3N2O3/c24-18-4-2-1-3-17(18)19-9-10-20(32-19)22(31)29-13-11-28(12-14-29)21(30)15-5-7-16(8-6-15)23(25,26)27/h1-10H,11-14H2. The second-order valence-electron chi connectivity index (χ2n) is 7.30. The second kappa shape index (κ2) is 8.70. The number of piperazine rings is 1. The third-order valence-electron chi connectivity index (χ3n) is 5.27. The number of carbonyl (C=O) groups is 2. The van der Waals surface area contributed by atoms with Gasteiger partial charge in [-0.3, -0.25) is 9.59 Å². The number of halogens is 4. The maximum Gasteiger partial charge on any atom is 0.416 e. The molecule has 1 aliphatic heterocycles. The topological polar surface area (TPSA) is 53.8 Å². The minimum absolute atomic E-state index is 0.169. The molecule has 32 heavy (non-hydrogen) atoms. The number of nitrogens with zero attached hydrogens (tertiary/aromatic N) is 2. The maximum absolute atomic E-state index is 12.8. The molecule has 9 heteroatoms. The zero-order valence-electron chi connectivity index (χ0n) is 16.7. The summed E-state index contributed by atoms with van der Waals surface area (Å²) in [6, 6.07) is 14.5. The fraction of sp³-hybridized carbons (Fsp3) is 0.217. The van der Waals surface area contributed by atoms with Gasteiger partial charge in [-0.2, -0.15) is 13.2 Å². The lowest BCUT2D eigenvalue weighted by Crippen LogP contribution is -2.50. The first-order valence-corrected chi connectivity index (χ1v) is 10.2. The molecule has 1 saturated heterocycles. The fourth-order valence-electron chi connectivity index (χ4n) is 3.51. The van der Waals surface area contributed by atoms with Gasteiger partial charge in [0.2, 0.25) is 0 Å². The van der Waals surface area contributed by atoms with Crippen molar-refractivity contribution < 1.29 is 27.2 Å². The molecule has 0 saturated carbocycles. The first kappa shape index (κ1) is 22.0. The van der Waals surface area contributed by atoms with E-state index in [1.165, 1.54) is 17.0 Å². The number of amides is 2. The monoisotopic (exact) mass is 462 g/mol. The molecule has 3 aromatic rings. The molecule has 4 rings (SSSR count). The fourth-order valence-corrected chi connectivity index (χ4v) is 3.74. The van der Waals surface area contributed by atoms with Gasteiger partial charge in [0.05, 0.1) is 10.6 Å². The van der Waals surface area contributed by atoms with Gasteiger partial charge in [0.25, 0.3) is 11.8 Å². The van der Waals surface area contributed by atoms with Gasteiger partial charge in [0.1, 0.15) is 5.76 Å². The Bertz CT molecular complexity index is 1130. The van der Waals surface area contributed by atoms with Crippen LogP contribution in [0.5, 0.6) is 0 Å². The van der Waals surface area contributed by atoms with E-state index >= 15 is 0 Å². The number of alkyl halides is 3. The zero-order valence-corrected chi connectivity index (χ0v) is 17.5. The highest BCUT2D eigenvalue weighted by Crippen LogP contribution is 2.30. The smallest absolute Gasteiger partial charge is 0.416 e. The number of carbonyl (C=O) groups excluding carboxylic acids is 2. The molecule has 0 aliphatic carbocycles. The van der Waals surface area contributed by atoms with Crippen LogP contribution in [0.2, 0.25) is 5.02 Å². The Kier molecular flexibility index (Phi) is 5.97. The Morgan fingerprint density at radius 2 is 1.41 bits per heavy atom. The summed E-state index contributed by atoms with van der Waals surface area (Å²) in [4.78, 5) is 28.5. The van der Waals surface area contributed by atoms with E-state index in [0.717, 1.165) is 12.1 Å². The highest BCUT2D eigenvalue weighted by atomic mass is 35.5. The summed E-state index contributed by atoms with van der Waals surface area (Å²) in [5, 5.41) is 0.510. The van der Waals surface area contributed by atoms with Gasteiger partial charge in [0.15, 0.2) is 5.76 Å². The summed E-state index contributed by atoms with van der Waals surface area (Å²) in [6.07, 6.45) is -4.45. The molecule has 1 aliphatic rings. The third kappa shape index (κ3) is 4.50. The molecule has 0 radical (unpaired) electrons. The van der Waals surface area contributed by atoms with Crippen molar-refractivity contribution in [1.82, 2.24) is 9.80 Å². The Hall–Kier alpha value is -3.26. The van der Waals surface area contributed by atoms with Crippen molar-refractivity contribution in [3.8, 4) is 11.3 Å². The summed E-state index contributed by atoms with van der Waals surface area (Å²) in [5.74, 6) is -0.0211. The predicted octanol–water partition coefficient (Wildman–Crippen LogP) is 5.22. The molecule has 5 nitrogen and oxygen atoms in total. The van der Waals surface area contributed by atoms with Crippen LogP contribution in [-0.4, -0.2) is 47.8 Å². The van der Waals surface area contributed by atoms with Gasteiger partial charge in [-0.05, 0) is 48.5 Å². The molecule has 0 unspecified atom stereocenters. The van der Waals surface area contributed by atoms with E-state index in [-0.39, 0.29) is 49.3 Å². The first-order chi connectivity index (χ1) is 15.2. The number of furan rings is 1. The Morgan fingerprint density at radius 3 is 2.00 bits per heavy atom. The SMILES string of the molecule is O=C(c1ccc(C(F)(F)F)cc1)N1CCN(C(=O)c2ccc(-c3ccccc3Cl)o2)CC1. The largest absolute Gasteiger partial charge is 0.451 e. The highest BCUT2D eigenvalue weighted by Gasteiger charge is 2.31. The van der Waals surface area contributed by atoms with Crippen LogP contribution in [0.3, 0.4) is 0 Å². The van der Waals surface area contributed by atoms with Gasteiger partial charge in [-0.1, -0.05) is 23.7 Å². The Balaban J connectivity index is 1.38. The molecule has 2 amide bonds. The molecule has 1 aromatic heterocycles. The van der Waals surface area contributed by atoms with E-state index in [4.69, 9.17) is 16.0 Å². The van der Waals surface area contributed by atoms with Gasteiger partial charge in [0, 0.05) is 37.3 Å². The lowest BCUT2D eigenvalue weighted by Gasteiger charge is -2.34. The highest BCUT2D eigenvalue weighted by molar-refractivity contribution is 6.33. The van der Waals surface area contributed by atoms with Crippen molar-refractivity contribution in [2.75, 3.05) is 26.2 Å². The van der Waals surface area contributed by atoms with E-state index in [1.54, 1.807) is 35.2 Å². The van der Waals surface area contributed by atoms with Crippen LogP contribution in [0.4, 0.5) is 13.2 Å². The van der Waals surface area contributed by atoms with Crippen molar-refractivity contribution in [3.05, 3.63) is 82.6 Å². The van der Waals surface area contributed by atoms with Crippen molar-refractivity contribution in [3.63, 3.8) is 0 Å². The molecular weight excluding hydrogens is 445 g/mol. The van der Waals surface area contributed by atoms with Crippen LogP contribution in [0.15, 0.2) is 65.1 Å². The van der Waals surface area contributed by atoms with E-state index < -0.39 is 11.7 Å². The van der Waals surface area contributed by atoms with E-state index in [0.29, 0.717) is 16.3 Å². The number of hydrogen-bond donors (Lipinski definition) is 0. The summed E-state index contributed by atoms with van der Waals surface area (Å²) in [5.41, 5.74) is 0.0486. The molecule has 2 heterocycles. The maximum atomic E-state index is 12.8. The second-order valence-corrected chi connectivity index (χ2v) is 7.71. The van der Waals surface area contributed by atoms with Crippen LogP contribution >= 0.6 is 11.6 Å². The summed E-state index contributed by atoms with van der Waals surface area (Å²) >= 11 is 6.17. The van der Waals surface area contributed by atoms with Crippen molar-refractivity contribution >= 4 is 23.4 Å². The van der Waals surface area contributed by atoms with Crippen LogP contribution in [0.25, 0.3) is 11.3 Å². The average molecular weight is 463 g/mol. The van der Waals surface area contributed by atoms with Gasteiger partial charge in [-0.15, -0.1) is 0 Å². The molecule has 0 bridgehead atoms. The molecule has 166 valence electrons. The third-order valence-corrected chi connectivity index (χ3v) is 5.60. The summed E-state index contributed by atoms with van der Waals surface area (Å²) in [7, 11) is 0. The number of rotatable bonds is 3. The van der Waals surface area contributed by atoms with Crippen molar-refractivity contribution in [2.24, 2.45) is 0 Å². The van der Waals surface area contributed by atoms with Crippen molar-refractivity contribution in [1.29, 1.82) is 0 Å². The quantitative estimate of drug-likeness (QED) is 0.536.